The Bertz CT molecular complexity index is 1020. The Balaban J connectivity index is 1.67. The molecular formula is C21H24N2O5S. The summed E-state index contributed by atoms with van der Waals surface area (Å²) in [6.07, 6.45) is 3.83. The van der Waals surface area contributed by atoms with Gasteiger partial charge in [0.1, 0.15) is 0 Å². The maximum Gasteiger partial charge on any atom is 0.340 e. The molecule has 2 aromatic rings. The normalized spacial score (nSPS) is 15.9. The average molecular weight is 416 g/mol. The van der Waals surface area contributed by atoms with Crippen LogP contribution in [0.5, 0.6) is 0 Å². The Kier molecular flexibility index (Phi) is 6.22. The summed E-state index contributed by atoms with van der Waals surface area (Å²) in [7, 11) is -1.84. The van der Waals surface area contributed by atoms with Crippen LogP contribution in [0.3, 0.4) is 0 Å². The smallest absolute Gasteiger partial charge is 0.340 e. The molecule has 1 N–H and O–H groups in total. The summed E-state index contributed by atoms with van der Waals surface area (Å²) in [6.45, 7) is -0.415. The Morgan fingerprint density at radius 2 is 1.83 bits per heavy atom. The van der Waals surface area contributed by atoms with Gasteiger partial charge in [0, 0.05) is 7.05 Å². The highest BCUT2D eigenvalue weighted by Gasteiger charge is 2.27. The van der Waals surface area contributed by atoms with Crippen LogP contribution in [0.2, 0.25) is 0 Å². The lowest BCUT2D eigenvalue weighted by Gasteiger charge is -2.33. The molecule has 0 saturated heterocycles. The fourth-order valence-electron chi connectivity index (χ4n) is 3.56. The van der Waals surface area contributed by atoms with Crippen LogP contribution >= 0.6 is 0 Å². The molecule has 1 amide bonds. The first-order valence-corrected chi connectivity index (χ1v) is 11.2. The summed E-state index contributed by atoms with van der Waals surface area (Å²) >= 11 is 0. The molecule has 0 aromatic heterocycles. The highest BCUT2D eigenvalue weighted by atomic mass is 32.2. The number of benzene rings is 2. The highest BCUT2D eigenvalue weighted by molar-refractivity contribution is 7.92. The number of amides is 1. The molecule has 1 aliphatic carbocycles. The number of nitrogens with zero attached hydrogens (tertiary/aromatic N) is 1. The number of hydrogen-bond acceptors (Lipinski definition) is 5. The van der Waals surface area contributed by atoms with Crippen molar-refractivity contribution in [3.05, 3.63) is 65.2 Å². The van der Waals surface area contributed by atoms with E-state index in [1.165, 1.54) is 17.7 Å². The van der Waals surface area contributed by atoms with Crippen LogP contribution in [0.15, 0.2) is 48.5 Å². The molecule has 2 aromatic carbocycles. The standard InChI is InChI=1S/C21H24N2O5S/c1-23(19-13-7-9-15-8-3-4-10-16(15)19)20(24)14-28-21(25)17-11-5-6-12-18(17)22-29(2,26)27/h3-6,8,10-12,19,22H,7,9,13-14H2,1-2H3/t19-/m0/s1. The molecule has 0 bridgehead atoms. The van der Waals surface area contributed by atoms with Gasteiger partial charge in [-0.15, -0.1) is 0 Å². The number of fused-ring (bicyclic) bond motifs is 1. The van der Waals surface area contributed by atoms with Crippen LogP contribution < -0.4 is 4.72 Å². The van der Waals surface area contributed by atoms with Crippen molar-refractivity contribution in [2.45, 2.75) is 25.3 Å². The van der Waals surface area contributed by atoms with E-state index in [1.807, 2.05) is 18.2 Å². The average Bonchev–Trinajstić information content (AvgIpc) is 2.70. The summed E-state index contributed by atoms with van der Waals surface area (Å²) in [6, 6.07) is 14.1. The van der Waals surface area contributed by atoms with Crippen LogP contribution in [-0.2, 0) is 26.0 Å². The SMILES string of the molecule is CN(C(=O)COC(=O)c1ccccc1NS(C)(=O)=O)[C@H]1CCCc2ccccc21. The minimum absolute atomic E-state index is 0.0506. The third kappa shape index (κ3) is 5.14. The second-order valence-corrected chi connectivity index (χ2v) is 8.86. The fraction of sp³-hybridized carbons (Fsp3) is 0.333. The number of likely N-dealkylation sites (N-methyl/N-ethyl adjacent to an activating group) is 1. The number of rotatable bonds is 6. The van der Waals surface area contributed by atoms with Crippen LogP contribution in [0.4, 0.5) is 5.69 Å². The number of para-hydroxylation sites is 1. The molecule has 0 heterocycles. The van der Waals surface area contributed by atoms with Gasteiger partial charge in [-0.2, -0.15) is 0 Å². The van der Waals surface area contributed by atoms with E-state index in [4.69, 9.17) is 4.74 Å². The molecule has 1 aliphatic rings. The molecule has 154 valence electrons. The van der Waals surface area contributed by atoms with E-state index < -0.39 is 22.6 Å². The van der Waals surface area contributed by atoms with E-state index >= 15 is 0 Å². The predicted octanol–water partition coefficient (Wildman–Crippen LogP) is 2.75. The number of hydrogen-bond donors (Lipinski definition) is 1. The first-order chi connectivity index (χ1) is 13.8. The molecule has 7 nitrogen and oxygen atoms in total. The van der Waals surface area contributed by atoms with Crippen molar-refractivity contribution in [2.24, 2.45) is 0 Å². The summed E-state index contributed by atoms with van der Waals surface area (Å²) in [5.41, 5.74) is 2.53. The number of carbonyl (C=O) groups excluding carboxylic acids is 2. The molecule has 0 aliphatic heterocycles. The minimum atomic E-state index is -3.55. The molecule has 1 atom stereocenters. The number of esters is 1. The predicted molar refractivity (Wildman–Crippen MR) is 110 cm³/mol. The molecule has 0 saturated carbocycles. The van der Waals surface area contributed by atoms with Crippen molar-refractivity contribution in [2.75, 3.05) is 24.6 Å². The van der Waals surface area contributed by atoms with Gasteiger partial charge in [0.2, 0.25) is 10.0 Å². The van der Waals surface area contributed by atoms with Gasteiger partial charge in [0.25, 0.3) is 5.91 Å². The monoisotopic (exact) mass is 416 g/mol. The second-order valence-electron chi connectivity index (χ2n) is 7.11. The lowest BCUT2D eigenvalue weighted by Crippen LogP contribution is -2.36. The molecule has 0 unspecified atom stereocenters. The van der Waals surface area contributed by atoms with Crippen LogP contribution in [-0.4, -0.2) is 45.1 Å². The number of anilines is 1. The van der Waals surface area contributed by atoms with Gasteiger partial charge in [-0.3, -0.25) is 9.52 Å². The highest BCUT2D eigenvalue weighted by Crippen LogP contribution is 2.33. The summed E-state index contributed by atoms with van der Waals surface area (Å²) in [5.74, 6) is -1.07. The zero-order valence-corrected chi connectivity index (χ0v) is 17.2. The Hall–Kier alpha value is -2.87. The molecule has 8 heteroatoms. The zero-order chi connectivity index (χ0) is 21.0. The molecule has 29 heavy (non-hydrogen) atoms. The topological polar surface area (TPSA) is 92.8 Å². The first-order valence-electron chi connectivity index (χ1n) is 9.33. The van der Waals surface area contributed by atoms with Gasteiger partial charge in [0.15, 0.2) is 6.61 Å². The Labute approximate surface area is 170 Å². The van der Waals surface area contributed by atoms with Crippen molar-refractivity contribution in [3.8, 4) is 0 Å². The lowest BCUT2D eigenvalue weighted by molar-refractivity contribution is -0.135. The van der Waals surface area contributed by atoms with E-state index in [1.54, 1.807) is 24.1 Å². The number of sulfonamides is 1. The third-order valence-electron chi connectivity index (χ3n) is 4.97. The number of ether oxygens (including phenoxy) is 1. The maximum absolute atomic E-state index is 12.6. The van der Waals surface area contributed by atoms with Crippen molar-refractivity contribution >= 4 is 27.6 Å². The summed E-state index contributed by atoms with van der Waals surface area (Å²) in [4.78, 5) is 26.7. The minimum Gasteiger partial charge on any atom is -0.452 e. The van der Waals surface area contributed by atoms with Crippen molar-refractivity contribution in [1.29, 1.82) is 0 Å². The van der Waals surface area contributed by atoms with E-state index in [0.717, 1.165) is 31.1 Å². The van der Waals surface area contributed by atoms with E-state index in [-0.39, 0.29) is 23.2 Å². The van der Waals surface area contributed by atoms with Gasteiger partial charge < -0.3 is 9.64 Å². The zero-order valence-electron chi connectivity index (χ0n) is 16.4. The number of carbonyl (C=O) groups is 2. The van der Waals surface area contributed by atoms with Crippen molar-refractivity contribution < 1.29 is 22.7 Å². The third-order valence-corrected chi connectivity index (χ3v) is 5.56. The van der Waals surface area contributed by atoms with Crippen LogP contribution in [0, 0.1) is 0 Å². The van der Waals surface area contributed by atoms with Crippen LogP contribution in [0.1, 0.15) is 40.4 Å². The Morgan fingerprint density at radius 3 is 2.59 bits per heavy atom. The van der Waals surface area contributed by atoms with Gasteiger partial charge in [0.05, 0.1) is 23.5 Å². The Morgan fingerprint density at radius 1 is 1.14 bits per heavy atom. The number of aryl methyl sites for hydroxylation is 1. The van der Waals surface area contributed by atoms with Gasteiger partial charge >= 0.3 is 5.97 Å². The summed E-state index contributed by atoms with van der Waals surface area (Å²) in [5, 5.41) is 0. The molecule has 0 radical (unpaired) electrons. The number of nitrogens with one attached hydrogen (secondary N) is 1. The van der Waals surface area contributed by atoms with E-state index in [2.05, 4.69) is 10.8 Å². The fourth-order valence-corrected chi connectivity index (χ4v) is 4.14. The van der Waals surface area contributed by atoms with Gasteiger partial charge in [-0.05, 0) is 42.5 Å². The molecular weight excluding hydrogens is 392 g/mol. The van der Waals surface area contributed by atoms with Crippen LogP contribution in [0.25, 0.3) is 0 Å². The largest absolute Gasteiger partial charge is 0.452 e. The second kappa shape index (κ2) is 8.65. The van der Waals surface area contributed by atoms with Crippen molar-refractivity contribution in [3.63, 3.8) is 0 Å². The van der Waals surface area contributed by atoms with Gasteiger partial charge in [-0.1, -0.05) is 36.4 Å². The van der Waals surface area contributed by atoms with E-state index in [9.17, 15) is 18.0 Å². The first kappa shape index (κ1) is 20.9. The lowest BCUT2D eigenvalue weighted by atomic mass is 9.87. The van der Waals surface area contributed by atoms with Gasteiger partial charge in [-0.25, -0.2) is 13.2 Å². The van der Waals surface area contributed by atoms with Crippen molar-refractivity contribution in [1.82, 2.24) is 4.90 Å². The van der Waals surface area contributed by atoms with E-state index in [0.29, 0.717) is 0 Å². The quantitative estimate of drug-likeness (QED) is 0.731. The molecule has 3 rings (SSSR count). The maximum atomic E-state index is 12.6. The molecule has 0 fully saturated rings. The summed E-state index contributed by atoms with van der Waals surface area (Å²) < 4.78 is 30.4. The molecule has 0 spiro atoms.